The second-order valence-corrected chi connectivity index (χ2v) is 4.29. The van der Waals surface area contributed by atoms with Crippen LogP contribution in [0.3, 0.4) is 0 Å². The number of nitrogens with zero attached hydrogens (tertiary/aromatic N) is 1. The predicted molar refractivity (Wildman–Crippen MR) is 72.8 cm³/mol. The Morgan fingerprint density at radius 2 is 2.28 bits per heavy atom. The van der Waals surface area contributed by atoms with Gasteiger partial charge in [0.15, 0.2) is 0 Å². The van der Waals surface area contributed by atoms with Gasteiger partial charge in [-0.1, -0.05) is 18.5 Å². The molecule has 18 heavy (non-hydrogen) atoms. The van der Waals surface area contributed by atoms with E-state index in [0.29, 0.717) is 23.4 Å². The average molecular weight is 266 g/mol. The monoisotopic (exact) mass is 265 g/mol. The van der Waals surface area contributed by atoms with Gasteiger partial charge in [0.05, 0.1) is 23.1 Å². The Labute approximate surface area is 112 Å². The van der Waals surface area contributed by atoms with Gasteiger partial charge in [0, 0.05) is 18.8 Å². The lowest BCUT2D eigenvalue weighted by atomic mass is 10.1. The number of nitrogens with one attached hydrogen (secondary N) is 2. The van der Waals surface area contributed by atoms with Crippen molar-refractivity contribution in [3.8, 4) is 6.07 Å². The minimum Gasteiger partial charge on any atom is -0.388 e. The summed E-state index contributed by atoms with van der Waals surface area (Å²) in [5, 5.41) is 14.8. The second-order valence-electron chi connectivity index (χ2n) is 3.89. The predicted octanol–water partition coefficient (Wildman–Crippen LogP) is 2.80. The fourth-order valence-corrected chi connectivity index (χ4v) is 1.73. The van der Waals surface area contributed by atoms with Crippen molar-refractivity contribution in [3.63, 3.8) is 0 Å². The van der Waals surface area contributed by atoms with Crippen molar-refractivity contribution in [1.82, 2.24) is 5.32 Å². The topological polar surface area (TPSA) is 64.9 Å². The van der Waals surface area contributed by atoms with E-state index in [9.17, 15) is 4.79 Å². The molecule has 0 saturated carbocycles. The number of hydrogen-bond acceptors (Lipinski definition) is 3. The number of nitriles is 1. The number of benzene rings is 1. The van der Waals surface area contributed by atoms with E-state index < -0.39 is 0 Å². The molecule has 0 saturated heterocycles. The maximum Gasteiger partial charge on any atom is 0.253 e. The highest BCUT2D eigenvalue weighted by Gasteiger charge is 2.15. The normalized spacial score (nSPS) is 11.4. The molecule has 1 aromatic rings. The third-order valence-corrected chi connectivity index (χ3v) is 2.99. The van der Waals surface area contributed by atoms with Gasteiger partial charge >= 0.3 is 0 Å². The summed E-state index contributed by atoms with van der Waals surface area (Å²) < 4.78 is 0. The Hall–Kier alpha value is -1.73. The minimum atomic E-state index is -0.251. The molecular weight excluding hydrogens is 250 g/mol. The Morgan fingerprint density at radius 1 is 1.56 bits per heavy atom. The van der Waals surface area contributed by atoms with Crippen LogP contribution >= 0.6 is 11.6 Å². The van der Waals surface area contributed by atoms with E-state index in [2.05, 4.69) is 16.7 Å². The molecule has 0 radical (unpaired) electrons. The SMILES string of the molecule is CC[C@@H](CC#N)NC(=O)c1cc(NC)ccc1Cl. The summed E-state index contributed by atoms with van der Waals surface area (Å²) in [5.41, 5.74) is 1.23. The Balaban J connectivity index is 2.86. The van der Waals surface area contributed by atoms with Crippen LogP contribution in [0, 0.1) is 11.3 Å². The van der Waals surface area contributed by atoms with Crippen LogP contribution < -0.4 is 10.6 Å². The number of hydrogen-bond donors (Lipinski definition) is 2. The molecule has 0 aliphatic heterocycles. The lowest BCUT2D eigenvalue weighted by Crippen LogP contribution is -2.34. The molecule has 0 fully saturated rings. The smallest absolute Gasteiger partial charge is 0.253 e. The highest BCUT2D eigenvalue weighted by molar-refractivity contribution is 6.34. The zero-order chi connectivity index (χ0) is 13.5. The van der Waals surface area contributed by atoms with Crippen LogP contribution in [0.4, 0.5) is 5.69 Å². The number of rotatable bonds is 5. The van der Waals surface area contributed by atoms with E-state index in [1.54, 1.807) is 25.2 Å². The summed E-state index contributed by atoms with van der Waals surface area (Å²) in [6, 6.07) is 7.07. The Kier molecular flexibility index (Phi) is 5.47. The lowest BCUT2D eigenvalue weighted by molar-refractivity contribution is 0.0937. The van der Waals surface area contributed by atoms with E-state index in [0.717, 1.165) is 5.69 Å². The average Bonchev–Trinajstić information content (AvgIpc) is 2.38. The molecule has 0 heterocycles. The van der Waals surface area contributed by atoms with Gasteiger partial charge < -0.3 is 10.6 Å². The molecule has 5 heteroatoms. The van der Waals surface area contributed by atoms with Gasteiger partial charge in [-0.05, 0) is 24.6 Å². The second kappa shape index (κ2) is 6.87. The number of carbonyl (C=O) groups excluding carboxylic acids is 1. The summed E-state index contributed by atoms with van der Waals surface area (Å²) in [7, 11) is 1.77. The van der Waals surface area contributed by atoms with E-state index in [4.69, 9.17) is 16.9 Å². The molecule has 0 aromatic heterocycles. The van der Waals surface area contributed by atoms with Gasteiger partial charge in [0.1, 0.15) is 0 Å². The third kappa shape index (κ3) is 3.64. The molecule has 0 spiro atoms. The first-order chi connectivity index (χ1) is 8.62. The van der Waals surface area contributed by atoms with Crippen molar-refractivity contribution in [2.75, 3.05) is 12.4 Å². The van der Waals surface area contributed by atoms with Crippen molar-refractivity contribution in [1.29, 1.82) is 5.26 Å². The molecule has 0 unspecified atom stereocenters. The fourth-order valence-electron chi connectivity index (χ4n) is 1.53. The standard InChI is InChI=1S/C13H16ClN3O/c1-3-9(6-7-15)17-13(18)11-8-10(16-2)4-5-12(11)14/h4-5,8-9,16H,3,6H2,1-2H3,(H,17,18)/t9-/m0/s1. The van der Waals surface area contributed by atoms with Crippen molar-refractivity contribution in [3.05, 3.63) is 28.8 Å². The van der Waals surface area contributed by atoms with Crippen LogP contribution in [-0.2, 0) is 0 Å². The van der Waals surface area contributed by atoms with E-state index in [-0.39, 0.29) is 11.9 Å². The molecule has 1 rings (SSSR count). The zero-order valence-electron chi connectivity index (χ0n) is 10.5. The number of amides is 1. The van der Waals surface area contributed by atoms with Crippen LogP contribution in [-0.4, -0.2) is 19.0 Å². The maximum absolute atomic E-state index is 12.0. The first-order valence-electron chi connectivity index (χ1n) is 5.77. The molecule has 4 nitrogen and oxygen atoms in total. The summed E-state index contributed by atoms with van der Waals surface area (Å²) in [4.78, 5) is 12.0. The molecule has 96 valence electrons. The van der Waals surface area contributed by atoms with Crippen LogP contribution in [0.15, 0.2) is 18.2 Å². The fraction of sp³-hybridized carbons (Fsp3) is 0.385. The molecule has 1 amide bonds. The van der Waals surface area contributed by atoms with Crippen molar-refractivity contribution < 1.29 is 4.79 Å². The number of halogens is 1. The van der Waals surface area contributed by atoms with Crippen LogP contribution in [0.2, 0.25) is 5.02 Å². The van der Waals surface area contributed by atoms with Crippen LogP contribution in [0.5, 0.6) is 0 Å². The van der Waals surface area contributed by atoms with Gasteiger partial charge in [-0.25, -0.2) is 0 Å². The van der Waals surface area contributed by atoms with Crippen LogP contribution in [0.1, 0.15) is 30.1 Å². The van der Waals surface area contributed by atoms with E-state index in [1.165, 1.54) is 0 Å². The Morgan fingerprint density at radius 3 is 2.83 bits per heavy atom. The van der Waals surface area contributed by atoms with Crippen molar-refractivity contribution in [2.45, 2.75) is 25.8 Å². The molecule has 2 N–H and O–H groups in total. The van der Waals surface area contributed by atoms with Crippen LogP contribution in [0.25, 0.3) is 0 Å². The highest BCUT2D eigenvalue weighted by atomic mass is 35.5. The largest absolute Gasteiger partial charge is 0.388 e. The Bertz CT molecular complexity index is 468. The summed E-state index contributed by atoms with van der Waals surface area (Å²) in [5.74, 6) is -0.251. The minimum absolute atomic E-state index is 0.142. The summed E-state index contributed by atoms with van der Waals surface area (Å²) in [6.07, 6.45) is 1.01. The summed E-state index contributed by atoms with van der Waals surface area (Å²) >= 11 is 6.00. The molecule has 1 atom stereocenters. The van der Waals surface area contributed by atoms with Gasteiger partial charge in [-0.2, -0.15) is 5.26 Å². The first-order valence-corrected chi connectivity index (χ1v) is 6.15. The number of carbonyl (C=O) groups is 1. The van der Waals surface area contributed by atoms with E-state index >= 15 is 0 Å². The quantitative estimate of drug-likeness (QED) is 0.860. The zero-order valence-corrected chi connectivity index (χ0v) is 11.2. The van der Waals surface area contributed by atoms with Gasteiger partial charge in [-0.15, -0.1) is 0 Å². The lowest BCUT2D eigenvalue weighted by Gasteiger charge is -2.14. The third-order valence-electron chi connectivity index (χ3n) is 2.67. The molecule has 0 bridgehead atoms. The van der Waals surface area contributed by atoms with Gasteiger partial charge in [-0.3, -0.25) is 4.79 Å². The maximum atomic E-state index is 12.0. The van der Waals surface area contributed by atoms with Gasteiger partial charge in [0.25, 0.3) is 5.91 Å². The molecule has 0 aliphatic carbocycles. The van der Waals surface area contributed by atoms with Gasteiger partial charge in [0.2, 0.25) is 0 Å². The van der Waals surface area contributed by atoms with Crippen molar-refractivity contribution >= 4 is 23.2 Å². The molecule has 1 aromatic carbocycles. The molecular formula is C13H16ClN3O. The summed E-state index contributed by atoms with van der Waals surface area (Å²) in [6.45, 7) is 1.92. The molecule has 0 aliphatic rings. The van der Waals surface area contributed by atoms with E-state index in [1.807, 2.05) is 6.92 Å². The van der Waals surface area contributed by atoms with Crippen molar-refractivity contribution in [2.24, 2.45) is 0 Å². The first kappa shape index (κ1) is 14.3. The highest BCUT2D eigenvalue weighted by Crippen LogP contribution is 2.20. The number of anilines is 1.